The molecule has 111 valence electrons. The Morgan fingerprint density at radius 3 is 1.90 bits per heavy atom. The summed E-state index contributed by atoms with van der Waals surface area (Å²) in [7, 11) is 0. The maximum Gasteiger partial charge on any atom is 0.360 e. The molecule has 0 N–H and O–H groups in total. The second-order valence-electron chi connectivity index (χ2n) is 4.75. The molecule has 2 aromatic rings. The van der Waals surface area contributed by atoms with Gasteiger partial charge in [0.15, 0.2) is 7.14 Å². The van der Waals surface area contributed by atoms with Crippen LogP contribution in [-0.2, 0) is 7.86 Å². The van der Waals surface area contributed by atoms with Crippen molar-refractivity contribution >= 4 is 5.97 Å². The van der Waals surface area contributed by atoms with Crippen LogP contribution in [0, 0.1) is 7.14 Å². The van der Waals surface area contributed by atoms with Crippen molar-refractivity contribution in [1.82, 2.24) is 0 Å². The summed E-state index contributed by atoms with van der Waals surface area (Å²) in [6.07, 6.45) is 3.65. The Hall–Kier alpha value is -1.36. The number of unbranched alkanes of at least 4 members (excludes halogenated alkanes) is 2. The number of carbonyl (C=O) groups is 1. The third-order valence-electron chi connectivity index (χ3n) is 3.01. The lowest BCUT2D eigenvalue weighted by Gasteiger charge is -2.05. The van der Waals surface area contributed by atoms with E-state index in [0.29, 0.717) is 6.42 Å². The van der Waals surface area contributed by atoms with E-state index in [4.69, 9.17) is 3.07 Å². The highest BCUT2D eigenvalue weighted by Crippen LogP contribution is 1.99. The van der Waals surface area contributed by atoms with E-state index in [0.717, 1.165) is 26.4 Å². The van der Waals surface area contributed by atoms with Crippen molar-refractivity contribution in [2.45, 2.75) is 32.6 Å². The molecule has 21 heavy (non-hydrogen) atoms. The smallest absolute Gasteiger partial charge is 0.247 e. The average molecular weight is 396 g/mol. The summed E-state index contributed by atoms with van der Waals surface area (Å²) in [5, 5.41) is 0. The van der Waals surface area contributed by atoms with E-state index in [1.54, 1.807) is 0 Å². The van der Waals surface area contributed by atoms with Crippen LogP contribution in [0.1, 0.15) is 32.6 Å². The van der Waals surface area contributed by atoms with Crippen molar-refractivity contribution in [3.05, 3.63) is 67.8 Å². The zero-order valence-electron chi connectivity index (χ0n) is 12.3. The molecule has 0 atom stereocenters. The molecule has 0 saturated carbocycles. The van der Waals surface area contributed by atoms with Gasteiger partial charge in [-0.15, -0.1) is 0 Å². The predicted octanol–water partition coefficient (Wildman–Crippen LogP) is 1.39. The monoisotopic (exact) mass is 396 g/mol. The molecule has 0 heterocycles. The SMILES string of the molecule is CCCCCC(=O)O[I+](c1ccccc1)c1ccccc1. The van der Waals surface area contributed by atoms with Gasteiger partial charge in [-0.3, -0.25) is 0 Å². The molecule has 0 amide bonds. The highest BCUT2D eigenvalue weighted by Gasteiger charge is 2.33. The quantitative estimate of drug-likeness (QED) is 0.523. The molecule has 0 aliphatic carbocycles. The molecule has 3 heteroatoms. The lowest BCUT2D eigenvalue weighted by molar-refractivity contribution is -1.04. The van der Waals surface area contributed by atoms with E-state index in [1.807, 2.05) is 36.4 Å². The van der Waals surface area contributed by atoms with E-state index >= 15 is 0 Å². The van der Waals surface area contributed by atoms with E-state index in [9.17, 15) is 4.79 Å². The molecule has 0 aromatic heterocycles. The van der Waals surface area contributed by atoms with E-state index in [-0.39, 0.29) is 5.97 Å². The topological polar surface area (TPSA) is 26.3 Å². The Morgan fingerprint density at radius 1 is 0.905 bits per heavy atom. The maximum atomic E-state index is 12.1. The van der Waals surface area contributed by atoms with Gasteiger partial charge >= 0.3 is 26.2 Å². The summed E-state index contributed by atoms with van der Waals surface area (Å²) >= 11 is -2.11. The molecule has 0 aliphatic heterocycles. The lowest BCUT2D eigenvalue weighted by Crippen LogP contribution is -3.85. The standard InChI is InChI=1S/C18H21IO2/c1-2-3-6-15-18(20)21-19(16-11-7-4-8-12-16)17-13-9-5-10-14-17/h4-5,7-14H,2-3,6,15H2,1H3/q+1. The maximum absolute atomic E-state index is 12.1. The van der Waals surface area contributed by atoms with Crippen molar-refractivity contribution in [2.75, 3.05) is 0 Å². The summed E-state index contributed by atoms with van der Waals surface area (Å²) < 4.78 is 8.21. The fourth-order valence-corrected chi connectivity index (χ4v) is 5.99. The van der Waals surface area contributed by atoms with Crippen LogP contribution in [0.15, 0.2) is 60.7 Å². The van der Waals surface area contributed by atoms with Crippen molar-refractivity contribution in [3.63, 3.8) is 0 Å². The molecule has 2 rings (SSSR count). The minimum atomic E-state index is -2.11. The van der Waals surface area contributed by atoms with E-state index in [2.05, 4.69) is 31.2 Å². The first-order chi connectivity index (χ1) is 10.3. The molecular formula is C18H21IO2+. The van der Waals surface area contributed by atoms with Gasteiger partial charge in [0.1, 0.15) is 0 Å². The minimum absolute atomic E-state index is 0.0543. The van der Waals surface area contributed by atoms with Gasteiger partial charge in [0.2, 0.25) is 0 Å². The Bertz CT molecular complexity index is 500. The highest BCUT2D eigenvalue weighted by atomic mass is 127. The second kappa shape index (κ2) is 8.82. The molecular weight excluding hydrogens is 375 g/mol. The first-order valence-electron chi connectivity index (χ1n) is 7.32. The molecule has 1 radical (unpaired) electrons. The number of hydrogen-bond donors (Lipinski definition) is 0. The molecule has 0 spiro atoms. The van der Waals surface area contributed by atoms with Crippen molar-refractivity contribution in [2.24, 2.45) is 0 Å². The predicted molar refractivity (Wildman–Crippen MR) is 80.5 cm³/mol. The van der Waals surface area contributed by atoms with Gasteiger partial charge < -0.3 is 0 Å². The average Bonchev–Trinajstić information content (AvgIpc) is 2.54. The van der Waals surface area contributed by atoms with Gasteiger partial charge in [-0.05, 0) is 30.7 Å². The normalized spacial score (nSPS) is 10.6. The van der Waals surface area contributed by atoms with Crippen LogP contribution in [0.2, 0.25) is 0 Å². The third-order valence-corrected chi connectivity index (χ3v) is 7.64. The molecule has 0 aliphatic rings. The summed E-state index contributed by atoms with van der Waals surface area (Å²) in [4.78, 5) is 12.1. The van der Waals surface area contributed by atoms with Crippen LogP contribution in [0.4, 0.5) is 0 Å². The van der Waals surface area contributed by atoms with Gasteiger partial charge in [-0.25, -0.2) is 7.86 Å². The van der Waals surface area contributed by atoms with Crippen molar-refractivity contribution in [3.8, 4) is 0 Å². The number of rotatable bonds is 7. The molecule has 2 aromatic carbocycles. The van der Waals surface area contributed by atoms with Gasteiger partial charge in [-0.1, -0.05) is 56.2 Å². The van der Waals surface area contributed by atoms with Crippen LogP contribution in [0.25, 0.3) is 0 Å². The Morgan fingerprint density at radius 2 is 1.43 bits per heavy atom. The molecule has 0 fully saturated rings. The van der Waals surface area contributed by atoms with Crippen LogP contribution in [-0.4, -0.2) is 5.97 Å². The number of halogens is 1. The van der Waals surface area contributed by atoms with Gasteiger partial charge in [0.25, 0.3) is 0 Å². The summed E-state index contributed by atoms with van der Waals surface area (Å²) in [5.41, 5.74) is 0. The zero-order valence-corrected chi connectivity index (χ0v) is 14.5. The molecule has 2 nitrogen and oxygen atoms in total. The second-order valence-corrected chi connectivity index (χ2v) is 9.10. The van der Waals surface area contributed by atoms with Gasteiger partial charge in [0.05, 0.1) is 6.42 Å². The minimum Gasteiger partial charge on any atom is -0.247 e. The highest BCUT2D eigenvalue weighted by molar-refractivity contribution is 5.68. The summed E-state index contributed by atoms with van der Waals surface area (Å²) in [6, 6.07) is 20.3. The number of hydrogen-bond acceptors (Lipinski definition) is 2. The third kappa shape index (κ3) is 5.16. The first-order valence-corrected chi connectivity index (χ1v) is 10.4. The fourth-order valence-electron chi connectivity index (χ4n) is 1.92. The number of benzene rings is 2. The Kier molecular flexibility index (Phi) is 6.73. The summed E-state index contributed by atoms with van der Waals surface area (Å²) in [6.45, 7) is 2.14. The van der Waals surface area contributed by atoms with Crippen LogP contribution >= 0.6 is 0 Å². The van der Waals surface area contributed by atoms with Crippen molar-refractivity contribution < 1.29 is 28.1 Å². The zero-order chi connectivity index (χ0) is 14.9. The first kappa shape index (κ1) is 16.0. The Labute approximate surface area is 134 Å². The lowest BCUT2D eigenvalue weighted by atomic mass is 10.2. The summed E-state index contributed by atoms with van der Waals surface area (Å²) in [5.74, 6) is -0.0543. The fraction of sp³-hybridized carbons (Fsp3) is 0.278. The van der Waals surface area contributed by atoms with Gasteiger partial charge in [-0.2, -0.15) is 0 Å². The van der Waals surface area contributed by atoms with E-state index < -0.39 is 20.2 Å². The van der Waals surface area contributed by atoms with Crippen molar-refractivity contribution in [1.29, 1.82) is 0 Å². The van der Waals surface area contributed by atoms with Gasteiger partial charge in [0, 0.05) is 0 Å². The molecule has 0 unspecified atom stereocenters. The Balaban J connectivity index is 2.12. The van der Waals surface area contributed by atoms with Crippen LogP contribution < -0.4 is 20.2 Å². The largest absolute Gasteiger partial charge is 0.360 e. The molecule has 0 saturated heterocycles. The van der Waals surface area contributed by atoms with Crippen LogP contribution in [0.5, 0.6) is 0 Å². The number of carbonyl (C=O) groups excluding carboxylic acids is 1. The molecule has 0 bridgehead atoms. The van der Waals surface area contributed by atoms with Crippen LogP contribution in [0.3, 0.4) is 0 Å². The van der Waals surface area contributed by atoms with E-state index in [1.165, 1.54) is 0 Å².